The van der Waals surface area contributed by atoms with Gasteiger partial charge in [0, 0.05) is 25.1 Å². The molecular formula is C17H18FN3O4. The number of carbonyl (C=O) groups excluding carboxylic acids is 1. The number of halogens is 1. The number of ether oxygens (including phenoxy) is 3. The number of rotatable bonds is 6. The van der Waals surface area contributed by atoms with E-state index >= 15 is 0 Å². The molecule has 0 spiro atoms. The van der Waals surface area contributed by atoms with Crippen LogP contribution in [0, 0.1) is 5.82 Å². The maximum atomic E-state index is 13.5. The minimum Gasteiger partial charge on any atom is -0.481 e. The van der Waals surface area contributed by atoms with Gasteiger partial charge >= 0.3 is 0 Å². The van der Waals surface area contributed by atoms with Gasteiger partial charge in [-0.2, -0.15) is 0 Å². The quantitative estimate of drug-likeness (QED) is 0.792. The third-order valence-electron chi connectivity index (χ3n) is 3.80. The highest BCUT2D eigenvalue weighted by molar-refractivity contribution is 5.78. The van der Waals surface area contributed by atoms with Gasteiger partial charge in [0.2, 0.25) is 11.8 Å². The average Bonchev–Trinajstić information content (AvgIpc) is 3.10. The fourth-order valence-electron chi connectivity index (χ4n) is 2.49. The Hall–Kier alpha value is -2.90. The molecule has 1 amide bonds. The van der Waals surface area contributed by atoms with Gasteiger partial charge in [-0.25, -0.2) is 4.39 Å². The van der Waals surface area contributed by atoms with Crippen molar-refractivity contribution >= 4 is 5.91 Å². The van der Waals surface area contributed by atoms with E-state index in [9.17, 15) is 9.18 Å². The summed E-state index contributed by atoms with van der Waals surface area (Å²) in [6.45, 7) is 0.761. The minimum atomic E-state index is -0.490. The second-order valence-electron chi connectivity index (χ2n) is 5.50. The monoisotopic (exact) mass is 347 g/mol. The molecular weight excluding hydrogens is 329 g/mol. The van der Waals surface area contributed by atoms with E-state index in [0.717, 1.165) is 0 Å². The minimum absolute atomic E-state index is 0.0661. The molecule has 1 aromatic carbocycles. The van der Waals surface area contributed by atoms with Gasteiger partial charge in [-0.3, -0.25) is 4.79 Å². The van der Waals surface area contributed by atoms with Gasteiger partial charge in [0.05, 0.1) is 13.7 Å². The number of carbonyl (C=O) groups is 1. The summed E-state index contributed by atoms with van der Waals surface area (Å²) >= 11 is 0. The second-order valence-corrected chi connectivity index (χ2v) is 5.50. The van der Waals surface area contributed by atoms with Gasteiger partial charge in [0.15, 0.2) is 18.2 Å². The Bertz CT molecular complexity index is 726. The van der Waals surface area contributed by atoms with E-state index in [2.05, 4.69) is 10.2 Å². The molecule has 132 valence electrons. The lowest BCUT2D eigenvalue weighted by atomic mass is 10.3. The predicted octanol–water partition coefficient (Wildman–Crippen LogP) is 1.68. The molecule has 2 heterocycles. The number of amides is 1. The van der Waals surface area contributed by atoms with Crippen LogP contribution in [0.2, 0.25) is 0 Å². The number of para-hydroxylation sites is 1. The Balaban J connectivity index is 1.48. The van der Waals surface area contributed by atoms with Crippen LogP contribution in [0.25, 0.3) is 0 Å². The molecule has 1 aliphatic heterocycles. The maximum Gasteiger partial charge on any atom is 0.260 e. The predicted molar refractivity (Wildman–Crippen MR) is 86.1 cm³/mol. The van der Waals surface area contributed by atoms with Crippen LogP contribution in [-0.4, -0.2) is 53.9 Å². The van der Waals surface area contributed by atoms with E-state index in [4.69, 9.17) is 14.2 Å². The van der Waals surface area contributed by atoms with E-state index in [1.54, 1.807) is 29.2 Å². The lowest BCUT2D eigenvalue weighted by Gasteiger charge is -2.17. The van der Waals surface area contributed by atoms with Gasteiger partial charge in [0.1, 0.15) is 6.10 Å². The largest absolute Gasteiger partial charge is 0.481 e. The fourth-order valence-corrected chi connectivity index (χ4v) is 2.49. The van der Waals surface area contributed by atoms with Gasteiger partial charge in [-0.1, -0.05) is 12.1 Å². The molecule has 0 aliphatic carbocycles. The van der Waals surface area contributed by atoms with E-state index in [1.807, 2.05) is 0 Å². The molecule has 1 saturated heterocycles. The molecule has 7 nitrogen and oxygen atoms in total. The Labute approximate surface area is 144 Å². The third kappa shape index (κ3) is 4.34. The molecule has 1 aliphatic rings. The van der Waals surface area contributed by atoms with E-state index in [1.165, 1.54) is 19.2 Å². The number of nitrogens with zero attached hydrogens (tertiary/aromatic N) is 3. The summed E-state index contributed by atoms with van der Waals surface area (Å²) in [5.74, 6) is 0.145. The number of likely N-dealkylation sites (tertiary alicyclic amines) is 1. The standard InChI is InChI=1S/C17H18FN3O4/c1-23-15-6-7-16(20-19-15)25-12-8-9-21(10-12)17(22)11-24-14-5-3-2-4-13(14)18/h2-7,12H,8-11H2,1H3/t12-/m1/s1. The fraction of sp³-hybridized carbons (Fsp3) is 0.353. The Morgan fingerprint density at radius 3 is 2.72 bits per heavy atom. The zero-order valence-electron chi connectivity index (χ0n) is 13.7. The number of methoxy groups -OCH3 is 1. The van der Waals surface area contributed by atoms with Gasteiger partial charge in [0.25, 0.3) is 5.91 Å². The number of aromatic nitrogens is 2. The molecule has 8 heteroatoms. The molecule has 0 bridgehead atoms. The Kier molecular flexibility index (Phi) is 5.27. The molecule has 0 unspecified atom stereocenters. The normalized spacial score (nSPS) is 16.6. The van der Waals surface area contributed by atoms with Gasteiger partial charge in [-0.05, 0) is 12.1 Å². The summed E-state index contributed by atoms with van der Waals surface area (Å²) in [5.41, 5.74) is 0. The van der Waals surface area contributed by atoms with Crippen LogP contribution < -0.4 is 14.2 Å². The zero-order chi connectivity index (χ0) is 17.6. The number of hydrogen-bond acceptors (Lipinski definition) is 6. The number of benzene rings is 1. The van der Waals surface area contributed by atoms with E-state index in [-0.39, 0.29) is 24.4 Å². The SMILES string of the molecule is COc1ccc(O[C@@H]2CCN(C(=O)COc3ccccc3F)C2)nn1. The summed E-state index contributed by atoms with van der Waals surface area (Å²) in [5, 5.41) is 7.73. The topological polar surface area (TPSA) is 73.8 Å². The second kappa shape index (κ2) is 7.78. The Morgan fingerprint density at radius 2 is 2.00 bits per heavy atom. The summed E-state index contributed by atoms with van der Waals surface area (Å²) in [7, 11) is 1.51. The molecule has 0 saturated carbocycles. The molecule has 2 aromatic rings. The lowest BCUT2D eigenvalue weighted by Crippen LogP contribution is -2.34. The zero-order valence-corrected chi connectivity index (χ0v) is 13.7. The van der Waals surface area contributed by atoms with Crippen molar-refractivity contribution in [2.45, 2.75) is 12.5 Å². The summed E-state index contributed by atoms with van der Waals surface area (Å²) in [4.78, 5) is 13.8. The average molecular weight is 347 g/mol. The van der Waals surface area contributed by atoms with Crippen molar-refractivity contribution < 1.29 is 23.4 Å². The summed E-state index contributed by atoms with van der Waals surface area (Å²) < 4.78 is 29.4. The van der Waals surface area contributed by atoms with Crippen molar-refractivity contribution in [3.05, 3.63) is 42.2 Å². The smallest absolute Gasteiger partial charge is 0.260 e. The highest BCUT2D eigenvalue weighted by Gasteiger charge is 2.28. The molecule has 1 atom stereocenters. The molecule has 3 rings (SSSR count). The first-order chi connectivity index (χ1) is 12.2. The molecule has 1 aromatic heterocycles. The van der Waals surface area contributed by atoms with E-state index in [0.29, 0.717) is 31.3 Å². The lowest BCUT2D eigenvalue weighted by molar-refractivity contribution is -0.132. The van der Waals surface area contributed by atoms with Crippen LogP contribution in [0.4, 0.5) is 4.39 Å². The maximum absolute atomic E-state index is 13.5. The van der Waals surface area contributed by atoms with Crippen LogP contribution in [0.1, 0.15) is 6.42 Å². The third-order valence-corrected chi connectivity index (χ3v) is 3.80. The molecule has 1 fully saturated rings. The summed E-state index contributed by atoms with van der Waals surface area (Å²) in [6, 6.07) is 9.31. The first-order valence-electron chi connectivity index (χ1n) is 7.85. The van der Waals surface area contributed by atoms with Crippen molar-refractivity contribution in [3.63, 3.8) is 0 Å². The van der Waals surface area contributed by atoms with E-state index < -0.39 is 5.82 Å². The molecule has 0 radical (unpaired) electrons. The van der Waals surface area contributed by atoms with Crippen LogP contribution in [-0.2, 0) is 4.79 Å². The van der Waals surface area contributed by atoms with Crippen molar-refractivity contribution in [1.82, 2.24) is 15.1 Å². The highest BCUT2D eigenvalue weighted by Crippen LogP contribution is 2.19. The number of hydrogen-bond donors (Lipinski definition) is 0. The van der Waals surface area contributed by atoms with Crippen LogP contribution in [0.3, 0.4) is 0 Å². The molecule has 0 N–H and O–H groups in total. The van der Waals surface area contributed by atoms with Crippen molar-refractivity contribution in [2.24, 2.45) is 0 Å². The highest BCUT2D eigenvalue weighted by atomic mass is 19.1. The van der Waals surface area contributed by atoms with Crippen molar-refractivity contribution in [3.8, 4) is 17.5 Å². The first kappa shape index (κ1) is 16.9. The molecule has 25 heavy (non-hydrogen) atoms. The van der Waals surface area contributed by atoms with Crippen LogP contribution >= 0.6 is 0 Å². The van der Waals surface area contributed by atoms with Gasteiger partial charge < -0.3 is 19.1 Å². The summed E-state index contributed by atoms with van der Waals surface area (Å²) in [6.07, 6.45) is 0.513. The van der Waals surface area contributed by atoms with Crippen LogP contribution in [0.15, 0.2) is 36.4 Å². The van der Waals surface area contributed by atoms with Crippen LogP contribution in [0.5, 0.6) is 17.5 Å². The Morgan fingerprint density at radius 1 is 1.24 bits per heavy atom. The van der Waals surface area contributed by atoms with Crippen molar-refractivity contribution in [1.29, 1.82) is 0 Å². The first-order valence-corrected chi connectivity index (χ1v) is 7.85. The van der Waals surface area contributed by atoms with Gasteiger partial charge in [-0.15, -0.1) is 10.2 Å². The van der Waals surface area contributed by atoms with Crippen molar-refractivity contribution in [2.75, 3.05) is 26.8 Å².